The first kappa shape index (κ1) is 17.5. The van der Waals surface area contributed by atoms with E-state index in [1.165, 1.54) is 0 Å². The zero-order valence-electron chi connectivity index (χ0n) is 39.8. The van der Waals surface area contributed by atoms with Gasteiger partial charge >= 0.3 is 0 Å². The van der Waals surface area contributed by atoms with Crippen LogP contribution in [0.25, 0.3) is 94.7 Å². The first-order valence-corrected chi connectivity index (χ1v) is 15.6. The summed E-state index contributed by atoms with van der Waals surface area (Å²) in [5, 5.41) is 3.31. The van der Waals surface area contributed by atoms with Crippen molar-refractivity contribution in [1.82, 2.24) is 19.5 Å². The van der Waals surface area contributed by atoms with Crippen LogP contribution in [0, 0.1) is 0 Å². The summed E-state index contributed by atoms with van der Waals surface area (Å²) in [5.74, 6) is -1.07. The molecule has 0 aliphatic rings. The predicted molar refractivity (Wildman–Crippen MR) is 203 cm³/mol. The molecule has 0 N–H and O–H groups in total. The zero-order valence-corrected chi connectivity index (χ0v) is 25.8. The molecular weight excluding hydrogens is 613 g/mol. The lowest BCUT2D eigenvalue weighted by Gasteiger charge is -2.10. The Morgan fingerprint density at radius 1 is 0.480 bits per heavy atom. The van der Waals surface area contributed by atoms with Crippen LogP contribution in [-0.4, -0.2) is 19.5 Å². The van der Waals surface area contributed by atoms with Crippen molar-refractivity contribution in [2.75, 3.05) is 0 Å². The summed E-state index contributed by atoms with van der Waals surface area (Å²) in [4.78, 5) is 13.8. The molecule has 0 spiro atoms. The van der Waals surface area contributed by atoms with E-state index in [0.29, 0.717) is 27.5 Å². The number of rotatable bonds is 5. The Balaban J connectivity index is 1.26. The molecule has 0 atom stereocenters. The second-order valence-electron chi connectivity index (χ2n) is 11.4. The van der Waals surface area contributed by atoms with Crippen LogP contribution in [0.5, 0.6) is 0 Å². The third-order valence-electron chi connectivity index (χ3n) is 8.52. The van der Waals surface area contributed by atoms with Crippen LogP contribution in [0.3, 0.4) is 0 Å². The van der Waals surface area contributed by atoms with E-state index < -0.39 is 118 Å². The summed E-state index contributed by atoms with van der Waals surface area (Å²) in [6.07, 6.45) is 0. The molecule has 3 aromatic heterocycles. The molecule has 0 aliphatic heterocycles. The second-order valence-corrected chi connectivity index (χ2v) is 11.4. The highest BCUT2D eigenvalue weighted by Gasteiger charge is 2.19. The van der Waals surface area contributed by atoms with Gasteiger partial charge < -0.3 is 8.98 Å². The molecule has 0 radical (unpaired) electrons. The number of hydrogen-bond donors (Lipinski definition) is 0. The van der Waals surface area contributed by atoms with Crippen molar-refractivity contribution in [3.8, 4) is 51.0 Å². The first-order valence-electron chi connectivity index (χ1n) is 22.6. The number of furan rings is 1. The van der Waals surface area contributed by atoms with Gasteiger partial charge in [-0.2, -0.15) is 0 Å². The molecule has 5 heteroatoms. The number of aromatic nitrogens is 4. The fourth-order valence-corrected chi connectivity index (χ4v) is 6.38. The van der Waals surface area contributed by atoms with Crippen LogP contribution in [0.1, 0.15) is 19.2 Å². The fourth-order valence-electron chi connectivity index (χ4n) is 6.38. The molecule has 10 aromatic rings. The summed E-state index contributed by atoms with van der Waals surface area (Å²) < 4.78 is 129. The minimum absolute atomic E-state index is 0.142. The van der Waals surface area contributed by atoms with Gasteiger partial charge in [-0.25, -0.2) is 15.0 Å². The molecule has 50 heavy (non-hydrogen) atoms. The highest BCUT2D eigenvalue weighted by Crippen LogP contribution is 2.39. The van der Waals surface area contributed by atoms with Gasteiger partial charge in [0.2, 0.25) is 0 Å². The van der Waals surface area contributed by atoms with Gasteiger partial charge in [-0.3, -0.25) is 0 Å². The van der Waals surface area contributed by atoms with E-state index in [2.05, 4.69) is 26.7 Å². The fraction of sp³-hybridized carbons (Fsp3) is 0. The van der Waals surface area contributed by atoms with E-state index in [4.69, 9.17) is 27.2 Å². The number of hydrogen-bond acceptors (Lipinski definition) is 4. The SMILES string of the molecule is [2H]c1c([2H])c([2H])c(-c2nc(-c3c([2H])c([2H])c([2H])c(-c4c([2H])c([2H])c([2H])c([2H])c4[2H])c3[2H])nc(-c3cccc4oc5cc(-n6c7ccccc7c7ccccc76)ccc5c34)n2)c([2H])c1[2H]. The Hall–Kier alpha value is -6.85. The van der Waals surface area contributed by atoms with Crippen LogP contribution in [0.15, 0.2) is 174 Å². The van der Waals surface area contributed by atoms with Gasteiger partial charge in [0.1, 0.15) is 11.2 Å². The van der Waals surface area contributed by atoms with Crippen molar-refractivity contribution < 1.29 is 23.6 Å². The van der Waals surface area contributed by atoms with Crippen LogP contribution in [-0.2, 0) is 0 Å². The maximum atomic E-state index is 9.38. The van der Waals surface area contributed by atoms with E-state index in [1.807, 2.05) is 54.6 Å². The van der Waals surface area contributed by atoms with E-state index in [-0.39, 0.29) is 5.82 Å². The Bertz CT molecular complexity index is 3590. The average Bonchev–Trinajstić information content (AvgIpc) is 3.85. The molecule has 0 amide bonds. The average molecular weight is 655 g/mol. The van der Waals surface area contributed by atoms with Gasteiger partial charge in [-0.15, -0.1) is 0 Å². The largest absolute Gasteiger partial charge is 0.456 e. The lowest BCUT2D eigenvalue weighted by atomic mass is 10.0. The maximum absolute atomic E-state index is 9.38. The molecule has 5 nitrogen and oxygen atoms in total. The molecule has 0 saturated carbocycles. The number of benzene rings is 7. The molecule has 10 rings (SSSR count). The zero-order chi connectivity index (χ0) is 45.2. The summed E-state index contributed by atoms with van der Waals surface area (Å²) >= 11 is 0. The monoisotopic (exact) mass is 654 g/mol. The molecule has 234 valence electrons. The summed E-state index contributed by atoms with van der Waals surface area (Å²) in [6.45, 7) is 0. The Labute approximate surface area is 307 Å². The van der Waals surface area contributed by atoms with Gasteiger partial charge in [0, 0.05) is 50.0 Å². The minimum Gasteiger partial charge on any atom is -0.456 e. The van der Waals surface area contributed by atoms with Crippen molar-refractivity contribution >= 4 is 43.7 Å². The molecule has 0 fully saturated rings. The highest BCUT2D eigenvalue weighted by atomic mass is 16.3. The van der Waals surface area contributed by atoms with Crippen molar-refractivity contribution in [1.29, 1.82) is 0 Å². The van der Waals surface area contributed by atoms with Crippen molar-refractivity contribution in [2.24, 2.45) is 0 Å². The number of fused-ring (bicyclic) bond motifs is 6. The Morgan fingerprint density at radius 3 is 1.84 bits per heavy atom. The third-order valence-corrected chi connectivity index (χ3v) is 8.52. The topological polar surface area (TPSA) is 56.7 Å². The van der Waals surface area contributed by atoms with Crippen molar-refractivity contribution in [3.05, 3.63) is 170 Å². The molecule has 0 unspecified atom stereocenters. The minimum atomic E-state index is -0.777. The molecule has 0 saturated heterocycles. The summed E-state index contributed by atoms with van der Waals surface area (Å²) in [7, 11) is 0. The molecule has 3 heterocycles. The summed E-state index contributed by atoms with van der Waals surface area (Å²) in [5.41, 5.74) is 2.00. The normalized spacial score (nSPS) is 15.5. The Kier molecular flexibility index (Phi) is 3.99. The van der Waals surface area contributed by atoms with Crippen LogP contribution in [0.2, 0.25) is 0 Å². The Morgan fingerprint density at radius 2 is 1.10 bits per heavy atom. The van der Waals surface area contributed by atoms with Crippen LogP contribution in [0.4, 0.5) is 0 Å². The van der Waals surface area contributed by atoms with Gasteiger partial charge in [0.15, 0.2) is 17.5 Å². The first-order chi connectivity index (χ1) is 30.6. The van der Waals surface area contributed by atoms with Gasteiger partial charge in [-0.05, 0) is 47.5 Å². The maximum Gasteiger partial charge on any atom is 0.164 e. The van der Waals surface area contributed by atoms with E-state index in [9.17, 15) is 1.37 Å². The van der Waals surface area contributed by atoms with E-state index in [0.717, 1.165) is 27.5 Å². The van der Waals surface area contributed by atoms with Gasteiger partial charge in [-0.1, -0.05) is 127 Å². The van der Waals surface area contributed by atoms with Crippen LogP contribution < -0.4 is 0 Å². The van der Waals surface area contributed by atoms with Crippen LogP contribution >= 0.6 is 0 Å². The predicted octanol–water partition coefficient (Wildman–Crippen LogP) is 11.5. The lowest BCUT2D eigenvalue weighted by molar-refractivity contribution is 0.668. The lowest BCUT2D eigenvalue weighted by Crippen LogP contribution is -2.00. The highest BCUT2D eigenvalue weighted by molar-refractivity contribution is 6.13. The number of para-hydroxylation sites is 2. The second kappa shape index (κ2) is 11.4. The van der Waals surface area contributed by atoms with E-state index >= 15 is 0 Å². The molecular formula is C45H28N4O. The molecule has 7 aromatic carbocycles. The smallest absolute Gasteiger partial charge is 0.164 e. The standard InChI is InChI=1S/C45H28N4O/c1-3-13-29(14-4-1)31-17-11-18-32(27-31)44-46-43(30-15-5-2-6-16-30)47-45(48-44)37-21-12-24-40-42(37)36-26-25-33(28-41(36)50-40)49-38-22-9-7-19-34(38)35-20-8-10-23-39(35)49/h1-28H/i1D,2D,3D,4D,5D,6D,11D,13D,14D,15D,16D,17D,18D,27D. The molecule has 0 bridgehead atoms. The van der Waals surface area contributed by atoms with E-state index in [1.54, 1.807) is 18.2 Å². The quantitative estimate of drug-likeness (QED) is 0.185. The van der Waals surface area contributed by atoms with Gasteiger partial charge in [0.05, 0.1) is 30.2 Å². The van der Waals surface area contributed by atoms with Crippen molar-refractivity contribution in [2.45, 2.75) is 0 Å². The third kappa shape index (κ3) is 4.60. The summed E-state index contributed by atoms with van der Waals surface area (Å²) in [6, 6.07) is 17.0. The number of nitrogens with zero attached hydrogens (tertiary/aromatic N) is 4. The molecule has 0 aliphatic carbocycles. The van der Waals surface area contributed by atoms with Crippen molar-refractivity contribution in [3.63, 3.8) is 0 Å². The van der Waals surface area contributed by atoms with Gasteiger partial charge in [0.25, 0.3) is 0 Å².